The molecule has 0 unspecified atom stereocenters. The van der Waals surface area contributed by atoms with Gasteiger partial charge < -0.3 is 9.47 Å². The quantitative estimate of drug-likeness (QED) is 0.702. The number of rotatable bonds is 4. The van der Waals surface area contributed by atoms with Crippen molar-refractivity contribution in [3.05, 3.63) is 84.9 Å². The lowest BCUT2D eigenvalue weighted by Gasteiger charge is -2.09. The summed E-state index contributed by atoms with van der Waals surface area (Å²) in [4.78, 5) is 23.8. The van der Waals surface area contributed by atoms with E-state index in [0.717, 1.165) is 0 Å². The first kappa shape index (κ1) is 17.0. The molecule has 0 heterocycles. The number of carbonyl (C=O) groups is 2. The molecule has 0 atom stereocenters. The van der Waals surface area contributed by atoms with Crippen LogP contribution in [0.5, 0.6) is 11.5 Å². The Hall–Kier alpha value is -3.80. The van der Waals surface area contributed by atoms with Crippen LogP contribution in [0.3, 0.4) is 0 Å². The zero-order chi connectivity index (χ0) is 18.2. The summed E-state index contributed by atoms with van der Waals surface area (Å²) in [5.41, 5.74) is 1.24. The van der Waals surface area contributed by atoms with E-state index >= 15 is 0 Å². The van der Waals surface area contributed by atoms with Crippen molar-refractivity contribution in [1.29, 1.82) is 0 Å². The minimum Gasteiger partial charge on any atom is -0.410 e. The van der Waals surface area contributed by atoms with E-state index in [1.54, 1.807) is 66.7 Å². The third-order valence-corrected chi connectivity index (χ3v) is 3.27. The van der Waals surface area contributed by atoms with Gasteiger partial charge in [0, 0.05) is 17.4 Å². The first-order valence-electron chi connectivity index (χ1n) is 7.87. The average molecular weight is 348 g/mol. The van der Waals surface area contributed by atoms with Gasteiger partial charge in [-0.2, -0.15) is 0 Å². The van der Waals surface area contributed by atoms with E-state index in [1.807, 2.05) is 12.1 Å². The van der Waals surface area contributed by atoms with Gasteiger partial charge in [-0.25, -0.2) is 9.59 Å². The maximum absolute atomic E-state index is 11.9. The van der Waals surface area contributed by atoms with Crippen molar-refractivity contribution in [3.63, 3.8) is 0 Å². The zero-order valence-electron chi connectivity index (χ0n) is 13.7. The normalized spacial score (nSPS) is 9.85. The fourth-order valence-corrected chi connectivity index (χ4v) is 2.14. The highest BCUT2D eigenvalue weighted by Crippen LogP contribution is 2.20. The van der Waals surface area contributed by atoms with Crippen LogP contribution in [-0.4, -0.2) is 12.2 Å². The maximum atomic E-state index is 11.9. The SMILES string of the molecule is O=C(Nc1ccccc1)Oc1cccc(OC(=O)Nc2ccccc2)c1. The summed E-state index contributed by atoms with van der Waals surface area (Å²) in [5.74, 6) is 0.506. The van der Waals surface area contributed by atoms with Crippen LogP contribution in [0.25, 0.3) is 0 Å². The van der Waals surface area contributed by atoms with Gasteiger partial charge in [0.05, 0.1) is 0 Å². The van der Waals surface area contributed by atoms with Gasteiger partial charge in [-0.05, 0) is 36.4 Å². The van der Waals surface area contributed by atoms with E-state index in [2.05, 4.69) is 10.6 Å². The second-order valence-corrected chi connectivity index (χ2v) is 5.24. The monoisotopic (exact) mass is 348 g/mol. The summed E-state index contributed by atoms with van der Waals surface area (Å²) in [7, 11) is 0. The lowest BCUT2D eigenvalue weighted by Crippen LogP contribution is -2.18. The Balaban J connectivity index is 1.57. The Morgan fingerprint density at radius 3 is 1.42 bits per heavy atom. The van der Waals surface area contributed by atoms with Crippen LogP contribution in [0.1, 0.15) is 0 Å². The third kappa shape index (κ3) is 5.10. The van der Waals surface area contributed by atoms with Crippen molar-refractivity contribution >= 4 is 23.6 Å². The van der Waals surface area contributed by atoms with Crippen molar-refractivity contribution < 1.29 is 19.1 Å². The summed E-state index contributed by atoms with van der Waals surface area (Å²) in [6, 6.07) is 24.1. The standard InChI is InChI=1S/C20H16N2O4/c23-19(21-15-8-3-1-4-9-15)25-17-12-7-13-18(14-17)26-20(24)22-16-10-5-2-6-11-16/h1-14H,(H,21,23)(H,22,24). The van der Waals surface area contributed by atoms with Crippen LogP contribution in [-0.2, 0) is 0 Å². The molecule has 0 saturated carbocycles. The molecule has 3 aromatic carbocycles. The number of benzene rings is 3. The second kappa shape index (κ2) is 8.34. The summed E-state index contributed by atoms with van der Waals surface area (Å²) in [5, 5.41) is 5.20. The molecule has 2 amide bonds. The Morgan fingerprint density at radius 1 is 0.577 bits per heavy atom. The molecule has 0 saturated heterocycles. The first-order chi connectivity index (χ1) is 12.7. The van der Waals surface area contributed by atoms with Crippen LogP contribution in [0, 0.1) is 0 Å². The Bertz CT molecular complexity index is 812. The number of nitrogens with one attached hydrogen (secondary N) is 2. The van der Waals surface area contributed by atoms with E-state index in [9.17, 15) is 9.59 Å². The highest BCUT2D eigenvalue weighted by atomic mass is 16.6. The van der Waals surface area contributed by atoms with Crippen molar-refractivity contribution in [2.45, 2.75) is 0 Å². The van der Waals surface area contributed by atoms with E-state index in [4.69, 9.17) is 9.47 Å². The Kier molecular flexibility index (Phi) is 5.47. The highest BCUT2D eigenvalue weighted by molar-refractivity contribution is 5.87. The Labute approximate surface area is 150 Å². The summed E-state index contributed by atoms with van der Waals surface area (Å²) >= 11 is 0. The molecule has 3 aromatic rings. The molecule has 0 aromatic heterocycles. The number of hydrogen-bond donors (Lipinski definition) is 2. The number of amides is 2. The van der Waals surface area contributed by atoms with E-state index in [1.165, 1.54) is 6.07 Å². The number of hydrogen-bond acceptors (Lipinski definition) is 4. The van der Waals surface area contributed by atoms with Gasteiger partial charge in [0.1, 0.15) is 11.5 Å². The first-order valence-corrected chi connectivity index (χ1v) is 7.87. The summed E-state index contributed by atoms with van der Waals surface area (Å²) in [6.45, 7) is 0. The summed E-state index contributed by atoms with van der Waals surface area (Å²) < 4.78 is 10.4. The molecule has 6 heteroatoms. The molecule has 3 rings (SSSR count). The molecule has 26 heavy (non-hydrogen) atoms. The molecule has 0 aliphatic heterocycles. The van der Waals surface area contributed by atoms with Gasteiger partial charge in [-0.3, -0.25) is 10.6 Å². The number of ether oxygens (including phenoxy) is 2. The fraction of sp³-hybridized carbons (Fsp3) is 0. The number of carbonyl (C=O) groups excluding carboxylic acids is 2. The molecule has 6 nitrogen and oxygen atoms in total. The van der Waals surface area contributed by atoms with Crippen molar-refractivity contribution in [1.82, 2.24) is 0 Å². The van der Waals surface area contributed by atoms with Gasteiger partial charge in [0.15, 0.2) is 0 Å². The molecule has 0 fully saturated rings. The lowest BCUT2D eigenvalue weighted by atomic mass is 10.3. The number of para-hydroxylation sites is 2. The molecule has 130 valence electrons. The van der Waals surface area contributed by atoms with Crippen LogP contribution < -0.4 is 20.1 Å². The topological polar surface area (TPSA) is 76.7 Å². The van der Waals surface area contributed by atoms with E-state index < -0.39 is 12.2 Å². The van der Waals surface area contributed by atoms with E-state index in [0.29, 0.717) is 11.4 Å². The van der Waals surface area contributed by atoms with Crippen molar-refractivity contribution in [2.75, 3.05) is 10.6 Å². The predicted molar refractivity (Wildman–Crippen MR) is 98.6 cm³/mol. The van der Waals surface area contributed by atoms with Crippen molar-refractivity contribution in [3.8, 4) is 11.5 Å². The fourth-order valence-electron chi connectivity index (χ4n) is 2.14. The molecule has 2 N–H and O–H groups in total. The largest absolute Gasteiger partial charge is 0.417 e. The third-order valence-electron chi connectivity index (χ3n) is 3.27. The smallest absolute Gasteiger partial charge is 0.410 e. The molecular formula is C20H16N2O4. The molecule has 0 aliphatic carbocycles. The van der Waals surface area contributed by atoms with Crippen LogP contribution in [0.15, 0.2) is 84.9 Å². The molecule has 0 radical (unpaired) electrons. The van der Waals surface area contributed by atoms with Gasteiger partial charge in [0.25, 0.3) is 0 Å². The van der Waals surface area contributed by atoms with Crippen LogP contribution in [0.4, 0.5) is 21.0 Å². The average Bonchev–Trinajstić information content (AvgIpc) is 2.63. The molecule has 0 spiro atoms. The highest BCUT2D eigenvalue weighted by Gasteiger charge is 2.09. The summed E-state index contributed by atoms with van der Waals surface area (Å²) in [6.07, 6.45) is -1.27. The minimum atomic E-state index is -0.637. The van der Waals surface area contributed by atoms with Gasteiger partial charge in [0.2, 0.25) is 0 Å². The number of anilines is 2. The lowest BCUT2D eigenvalue weighted by molar-refractivity contribution is 0.213. The Morgan fingerprint density at radius 2 is 1.00 bits per heavy atom. The maximum Gasteiger partial charge on any atom is 0.417 e. The zero-order valence-corrected chi connectivity index (χ0v) is 13.7. The second-order valence-electron chi connectivity index (χ2n) is 5.24. The van der Waals surface area contributed by atoms with Crippen LogP contribution >= 0.6 is 0 Å². The molecule has 0 aliphatic rings. The van der Waals surface area contributed by atoms with E-state index in [-0.39, 0.29) is 11.5 Å². The molecular weight excluding hydrogens is 332 g/mol. The van der Waals surface area contributed by atoms with Gasteiger partial charge in [-0.15, -0.1) is 0 Å². The van der Waals surface area contributed by atoms with Crippen LogP contribution in [0.2, 0.25) is 0 Å². The minimum absolute atomic E-state index is 0.253. The van der Waals surface area contributed by atoms with Gasteiger partial charge >= 0.3 is 12.2 Å². The van der Waals surface area contributed by atoms with Gasteiger partial charge in [-0.1, -0.05) is 42.5 Å². The molecule has 0 bridgehead atoms. The predicted octanol–water partition coefficient (Wildman–Crippen LogP) is 4.91. The van der Waals surface area contributed by atoms with Crippen molar-refractivity contribution in [2.24, 2.45) is 0 Å².